The molecule has 2 aliphatic carbocycles. The maximum atomic E-state index is 12.8. The van der Waals surface area contributed by atoms with Crippen LogP contribution in [-0.4, -0.2) is 70.6 Å². The quantitative estimate of drug-likeness (QED) is 0.312. The number of carbonyl (C=O) groups excluding carboxylic acids is 1. The molecular formula is C30H33N3O3. The van der Waals surface area contributed by atoms with Crippen molar-refractivity contribution in [3.8, 4) is 0 Å². The molecule has 0 bridgehead atoms. The van der Waals surface area contributed by atoms with Crippen molar-refractivity contribution in [1.82, 2.24) is 0 Å². The number of nitrogens with zero attached hydrogens (tertiary/aromatic N) is 3. The number of rotatable bonds is 9. The van der Waals surface area contributed by atoms with Gasteiger partial charge in [-0.3, -0.25) is 4.79 Å². The topological polar surface area (TPSA) is 58.8 Å². The third kappa shape index (κ3) is 5.50. The molecule has 0 fully saturated rings. The molecule has 2 aliphatic rings. The molecular weight excluding hydrogens is 450 g/mol. The molecule has 186 valence electrons. The Kier molecular flexibility index (Phi) is 7.86. The molecule has 0 aromatic heterocycles. The minimum Gasteiger partial charge on any atom is -0.871 e. The monoisotopic (exact) mass is 483 g/mol. The number of benzene rings is 2. The normalized spacial score (nSPS) is 14.9. The molecule has 36 heavy (non-hydrogen) atoms. The summed E-state index contributed by atoms with van der Waals surface area (Å²) in [5.74, 6) is -0.375. The van der Waals surface area contributed by atoms with Gasteiger partial charge in [0.25, 0.3) is 0 Å². The summed E-state index contributed by atoms with van der Waals surface area (Å²) in [4.78, 5) is 17.1. The molecule has 0 heterocycles. The summed E-state index contributed by atoms with van der Waals surface area (Å²) in [6.45, 7) is 2.82. The molecule has 2 aromatic rings. The molecule has 0 spiro atoms. The van der Waals surface area contributed by atoms with Gasteiger partial charge in [-0.2, -0.15) is 0 Å². The van der Waals surface area contributed by atoms with Crippen molar-refractivity contribution in [2.75, 3.05) is 64.3 Å². The van der Waals surface area contributed by atoms with Crippen LogP contribution in [0.3, 0.4) is 0 Å². The van der Waals surface area contributed by atoms with Gasteiger partial charge in [0, 0.05) is 61.9 Å². The SMILES string of the molecule is CN(CCOCCN(C)c1ccc(C2=C([O-])C(=C3C=CC(=[N+](C)C)C=C3)C2=O)cc1)c1ccccc1. The van der Waals surface area contributed by atoms with E-state index >= 15 is 0 Å². The van der Waals surface area contributed by atoms with Crippen molar-refractivity contribution in [2.45, 2.75) is 0 Å². The summed E-state index contributed by atoms with van der Waals surface area (Å²) in [6, 6.07) is 17.8. The second-order valence-electron chi connectivity index (χ2n) is 9.19. The van der Waals surface area contributed by atoms with Crippen molar-refractivity contribution < 1.29 is 19.2 Å². The highest BCUT2D eigenvalue weighted by atomic mass is 16.5. The fourth-order valence-corrected chi connectivity index (χ4v) is 4.17. The fourth-order valence-electron chi connectivity index (χ4n) is 4.17. The van der Waals surface area contributed by atoms with Crippen LogP contribution < -0.4 is 14.9 Å². The van der Waals surface area contributed by atoms with Gasteiger partial charge in [0.05, 0.1) is 13.2 Å². The standard InChI is InChI=1S/C30H33N3O3/c1-31(2)24-14-10-22(11-15-24)27-29(34)28(30(27)35)23-12-16-26(17-13-23)33(4)19-21-36-20-18-32(3)25-8-6-5-7-9-25/h5-17H,18-21H2,1-4H3. The number of allylic oxidation sites excluding steroid dienone is 7. The molecule has 0 radical (unpaired) electrons. The number of hydrogen-bond acceptors (Lipinski definition) is 5. The van der Waals surface area contributed by atoms with Crippen LogP contribution in [0.1, 0.15) is 5.56 Å². The van der Waals surface area contributed by atoms with Crippen LogP contribution >= 0.6 is 0 Å². The number of ketones is 1. The molecule has 0 amide bonds. The van der Waals surface area contributed by atoms with Gasteiger partial charge in [-0.05, 0) is 47.6 Å². The zero-order valence-corrected chi connectivity index (χ0v) is 21.4. The first-order chi connectivity index (χ1) is 17.4. The lowest BCUT2D eigenvalue weighted by Crippen LogP contribution is -2.30. The highest BCUT2D eigenvalue weighted by molar-refractivity contribution is 6.39. The molecule has 0 atom stereocenters. The summed E-state index contributed by atoms with van der Waals surface area (Å²) >= 11 is 0. The van der Waals surface area contributed by atoms with E-state index in [0.29, 0.717) is 24.4 Å². The minimum atomic E-state index is -0.187. The van der Waals surface area contributed by atoms with Gasteiger partial charge in [0.1, 0.15) is 14.1 Å². The number of para-hydroxylation sites is 1. The van der Waals surface area contributed by atoms with E-state index in [1.165, 1.54) is 5.69 Å². The molecule has 0 unspecified atom stereocenters. The predicted molar refractivity (Wildman–Crippen MR) is 145 cm³/mol. The lowest BCUT2D eigenvalue weighted by molar-refractivity contribution is -0.462. The van der Waals surface area contributed by atoms with Crippen molar-refractivity contribution in [3.63, 3.8) is 0 Å². The third-order valence-electron chi connectivity index (χ3n) is 6.52. The number of likely N-dealkylation sites (N-methyl/N-ethyl adjacent to an activating group) is 2. The maximum Gasteiger partial charge on any atom is 0.199 e. The molecule has 4 rings (SSSR count). The molecule has 6 nitrogen and oxygen atoms in total. The Morgan fingerprint density at radius 2 is 1.33 bits per heavy atom. The van der Waals surface area contributed by atoms with Gasteiger partial charge in [0.2, 0.25) is 0 Å². The Labute approximate surface area is 213 Å². The molecule has 0 saturated heterocycles. The van der Waals surface area contributed by atoms with E-state index in [1.807, 2.05) is 92.5 Å². The van der Waals surface area contributed by atoms with Gasteiger partial charge in [-0.15, -0.1) is 0 Å². The Hall–Kier alpha value is -3.90. The summed E-state index contributed by atoms with van der Waals surface area (Å²) in [7, 11) is 7.97. The second kappa shape index (κ2) is 11.2. The third-order valence-corrected chi connectivity index (χ3v) is 6.52. The van der Waals surface area contributed by atoms with E-state index in [9.17, 15) is 9.90 Å². The number of hydrogen-bond donors (Lipinski definition) is 0. The van der Waals surface area contributed by atoms with E-state index in [1.54, 1.807) is 0 Å². The number of carbonyl (C=O) groups is 1. The largest absolute Gasteiger partial charge is 0.871 e. The van der Waals surface area contributed by atoms with E-state index < -0.39 is 0 Å². The first-order valence-electron chi connectivity index (χ1n) is 12.1. The van der Waals surface area contributed by atoms with Crippen molar-refractivity contribution >= 4 is 28.4 Å². The zero-order chi connectivity index (χ0) is 25.7. The van der Waals surface area contributed by atoms with Crippen LogP contribution in [0, 0.1) is 0 Å². The number of Topliss-reactive ketones (excluding diaryl/α,β-unsaturated/α-hetero) is 1. The Bertz CT molecular complexity index is 1250. The van der Waals surface area contributed by atoms with E-state index in [-0.39, 0.29) is 22.7 Å². The van der Waals surface area contributed by atoms with E-state index in [4.69, 9.17) is 4.74 Å². The summed E-state index contributed by atoms with van der Waals surface area (Å²) in [5, 5.41) is 12.8. The second-order valence-corrected chi connectivity index (χ2v) is 9.19. The molecule has 0 N–H and O–H groups in total. The minimum absolute atomic E-state index is 0.187. The summed E-state index contributed by atoms with van der Waals surface area (Å²) in [6.07, 6.45) is 7.49. The van der Waals surface area contributed by atoms with Crippen LogP contribution in [0.2, 0.25) is 0 Å². The Morgan fingerprint density at radius 3 is 1.86 bits per heavy atom. The van der Waals surface area contributed by atoms with Gasteiger partial charge in [-0.1, -0.05) is 36.1 Å². The van der Waals surface area contributed by atoms with Crippen LogP contribution in [0.5, 0.6) is 0 Å². The summed E-state index contributed by atoms with van der Waals surface area (Å²) in [5.41, 5.74) is 5.07. The number of ether oxygens (including phenoxy) is 1. The highest BCUT2D eigenvalue weighted by Gasteiger charge is 2.30. The van der Waals surface area contributed by atoms with E-state index in [2.05, 4.69) is 29.0 Å². The molecule has 6 heteroatoms. The first-order valence-corrected chi connectivity index (χ1v) is 12.1. The van der Waals surface area contributed by atoms with Crippen molar-refractivity contribution in [2.24, 2.45) is 0 Å². The van der Waals surface area contributed by atoms with Crippen LogP contribution in [0.4, 0.5) is 11.4 Å². The predicted octanol–water partition coefficient (Wildman–Crippen LogP) is 3.07. The molecule has 2 aromatic carbocycles. The Balaban J connectivity index is 1.30. The maximum absolute atomic E-state index is 12.8. The molecule has 0 aliphatic heterocycles. The first kappa shape index (κ1) is 25.2. The van der Waals surface area contributed by atoms with Crippen LogP contribution in [-0.2, 0) is 9.53 Å². The summed E-state index contributed by atoms with van der Waals surface area (Å²) < 4.78 is 7.80. The number of anilines is 2. The van der Waals surface area contributed by atoms with Gasteiger partial charge >= 0.3 is 0 Å². The van der Waals surface area contributed by atoms with Gasteiger partial charge < -0.3 is 19.6 Å². The smallest absolute Gasteiger partial charge is 0.199 e. The van der Waals surface area contributed by atoms with Gasteiger partial charge in [0.15, 0.2) is 11.5 Å². The highest BCUT2D eigenvalue weighted by Crippen LogP contribution is 2.37. The van der Waals surface area contributed by atoms with Crippen molar-refractivity contribution in [1.29, 1.82) is 0 Å². The van der Waals surface area contributed by atoms with E-state index in [0.717, 1.165) is 24.5 Å². The lowest BCUT2D eigenvalue weighted by Gasteiger charge is -2.32. The fraction of sp³-hybridized carbons (Fsp3) is 0.267. The zero-order valence-electron chi connectivity index (χ0n) is 21.4. The van der Waals surface area contributed by atoms with Crippen LogP contribution in [0.15, 0.2) is 95.8 Å². The average Bonchev–Trinajstić information content (AvgIpc) is 2.89. The lowest BCUT2D eigenvalue weighted by atomic mass is 9.80. The molecule has 0 saturated carbocycles. The Morgan fingerprint density at radius 1 is 0.778 bits per heavy atom. The van der Waals surface area contributed by atoms with Gasteiger partial charge in [-0.25, -0.2) is 4.58 Å². The average molecular weight is 484 g/mol. The van der Waals surface area contributed by atoms with Crippen LogP contribution in [0.25, 0.3) is 5.57 Å². The van der Waals surface area contributed by atoms with Crippen molar-refractivity contribution in [3.05, 3.63) is 101 Å².